The first kappa shape index (κ1) is 32.8. The monoisotopic (exact) mass is 692 g/mol. The van der Waals surface area contributed by atoms with E-state index >= 15 is 0 Å². The molecule has 7 heteroatoms. The lowest BCUT2D eigenvalue weighted by Crippen LogP contribution is -2.65. The van der Waals surface area contributed by atoms with Gasteiger partial charge < -0.3 is 14.0 Å². The SMILES string of the molecule is Cc1cc(C)c(B2c3ccccc3Oc3c2[n+](C)[c-]n3-c2cccc(Oc3ccc4c5ccccc5n(-c5cc(C(C)(C)C)ccn5)c4c3)c2)c(C)c1. The molecule has 260 valence electrons. The molecule has 0 saturated carbocycles. The van der Waals surface area contributed by atoms with Crippen molar-refractivity contribution in [3.63, 3.8) is 0 Å². The molecule has 0 unspecified atom stereocenters. The number of imidazole rings is 1. The number of aryl methyl sites for hydroxylation is 4. The number of rotatable bonds is 5. The van der Waals surface area contributed by atoms with E-state index in [1.807, 2.05) is 41.1 Å². The lowest BCUT2D eigenvalue weighted by molar-refractivity contribution is -0.658. The van der Waals surface area contributed by atoms with Crippen LogP contribution in [0, 0.1) is 27.1 Å². The Hall–Kier alpha value is -6.08. The van der Waals surface area contributed by atoms with E-state index in [9.17, 15) is 0 Å². The quantitative estimate of drug-likeness (QED) is 0.104. The Balaban J connectivity index is 1.12. The van der Waals surface area contributed by atoms with Crippen molar-refractivity contribution >= 4 is 45.0 Å². The average molecular weight is 693 g/mol. The fourth-order valence-corrected chi connectivity index (χ4v) is 8.19. The van der Waals surface area contributed by atoms with Crippen LogP contribution in [-0.4, -0.2) is 20.8 Å². The molecule has 1 aliphatic rings. The number of aromatic nitrogens is 4. The standard InChI is InChI=1S/C46H41BN4O2/c1-29-23-30(2)43(31(3)24-29)47-38-16-9-11-18-41(38)53-45-44(47)49(7)28-50(45)33-13-12-14-34(26-33)52-35-19-20-37-36-15-8-10-17-39(36)51(40(37)27-35)42-25-32(21-22-48-42)46(4,5)6/h8-27H,1-7H3. The second kappa shape index (κ2) is 12.3. The Bertz CT molecular complexity index is 2710. The first-order chi connectivity index (χ1) is 25.5. The van der Waals surface area contributed by atoms with E-state index < -0.39 is 0 Å². The number of pyridine rings is 1. The van der Waals surface area contributed by atoms with E-state index in [1.165, 1.54) is 33.1 Å². The van der Waals surface area contributed by atoms with Gasteiger partial charge >= 0.3 is 0 Å². The van der Waals surface area contributed by atoms with Gasteiger partial charge in [0, 0.05) is 23.0 Å². The largest absolute Gasteiger partial charge is 0.472 e. The van der Waals surface area contributed by atoms with Crippen LogP contribution in [0.25, 0.3) is 33.3 Å². The van der Waals surface area contributed by atoms with Gasteiger partial charge in [0.2, 0.25) is 18.9 Å². The van der Waals surface area contributed by atoms with Crippen molar-refractivity contribution in [1.82, 2.24) is 14.1 Å². The summed E-state index contributed by atoms with van der Waals surface area (Å²) in [5, 5.41) is 2.33. The molecular weight excluding hydrogens is 651 g/mol. The summed E-state index contributed by atoms with van der Waals surface area (Å²) in [4.78, 5) is 4.85. The number of hydrogen-bond donors (Lipinski definition) is 0. The van der Waals surface area contributed by atoms with E-state index in [0.29, 0.717) is 5.75 Å². The van der Waals surface area contributed by atoms with Gasteiger partial charge in [-0.25, -0.2) is 4.98 Å². The summed E-state index contributed by atoms with van der Waals surface area (Å²) < 4.78 is 19.7. The molecule has 6 nitrogen and oxygen atoms in total. The Labute approximate surface area is 311 Å². The molecule has 0 saturated heterocycles. The molecular formula is C46H41BN4O2. The topological polar surface area (TPSA) is 45.1 Å². The number of para-hydroxylation sites is 2. The van der Waals surface area contributed by atoms with Crippen LogP contribution in [0.3, 0.4) is 0 Å². The molecule has 8 aromatic rings. The van der Waals surface area contributed by atoms with E-state index in [1.54, 1.807) is 0 Å². The van der Waals surface area contributed by atoms with Gasteiger partial charge in [-0.3, -0.25) is 9.13 Å². The molecule has 0 fully saturated rings. The minimum absolute atomic E-state index is 0.00290. The van der Waals surface area contributed by atoms with Crippen molar-refractivity contribution in [3.05, 3.63) is 150 Å². The van der Waals surface area contributed by atoms with Crippen LogP contribution < -0.4 is 30.6 Å². The maximum absolute atomic E-state index is 6.72. The molecule has 0 bridgehead atoms. The summed E-state index contributed by atoms with van der Waals surface area (Å²) >= 11 is 0. The van der Waals surface area contributed by atoms with Gasteiger partial charge in [-0.1, -0.05) is 104 Å². The van der Waals surface area contributed by atoms with E-state index in [-0.39, 0.29) is 12.1 Å². The van der Waals surface area contributed by atoms with Crippen molar-refractivity contribution in [3.8, 4) is 34.6 Å². The van der Waals surface area contributed by atoms with Gasteiger partial charge in [0.05, 0.1) is 29.4 Å². The molecule has 0 aliphatic carbocycles. The van der Waals surface area contributed by atoms with Gasteiger partial charge in [-0.2, -0.15) is 0 Å². The fraction of sp³-hybridized carbons (Fsp3) is 0.174. The van der Waals surface area contributed by atoms with Crippen LogP contribution >= 0.6 is 0 Å². The molecule has 5 aromatic carbocycles. The lowest BCUT2D eigenvalue weighted by Gasteiger charge is -2.29. The maximum atomic E-state index is 6.72. The molecule has 0 spiro atoms. The smallest absolute Gasteiger partial charge is 0.245 e. The number of ether oxygens (including phenoxy) is 2. The van der Waals surface area contributed by atoms with Gasteiger partial charge in [0.1, 0.15) is 23.1 Å². The minimum Gasteiger partial charge on any atom is -0.472 e. The zero-order valence-electron chi connectivity index (χ0n) is 31.2. The lowest BCUT2D eigenvalue weighted by atomic mass is 9.36. The number of hydrogen-bond acceptors (Lipinski definition) is 3. The third-order valence-corrected chi connectivity index (χ3v) is 10.6. The second-order valence-electron chi connectivity index (χ2n) is 15.4. The Morgan fingerprint density at radius 2 is 1.49 bits per heavy atom. The Morgan fingerprint density at radius 1 is 0.755 bits per heavy atom. The van der Waals surface area contributed by atoms with Crippen LogP contribution in [-0.2, 0) is 12.5 Å². The predicted octanol–water partition coefficient (Wildman–Crippen LogP) is 8.23. The van der Waals surface area contributed by atoms with Crippen molar-refractivity contribution in [1.29, 1.82) is 0 Å². The summed E-state index contributed by atoms with van der Waals surface area (Å²) in [7, 11) is 2.05. The molecule has 3 aromatic heterocycles. The Kier molecular flexibility index (Phi) is 7.59. The fourth-order valence-electron chi connectivity index (χ4n) is 8.19. The highest BCUT2D eigenvalue weighted by Crippen LogP contribution is 2.36. The summed E-state index contributed by atoms with van der Waals surface area (Å²) in [6, 6.07) is 40.2. The molecule has 0 amide bonds. The number of benzene rings is 5. The zero-order valence-corrected chi connectivity index (χ0v) is 31.2. The van der Waals surface area contributed by atoms with Crippen LogP contribution in [0.1, 0.15) is 43.0 Å². The van der Waals surface area contributed by atoms with Crippen molar-refractivity contribution < 1.29 is 14.0 Å². The highest BCUT2D eigenvalue weighted by atomic mass is 16.5. The normalized spacial score (nSPS) is 12.5. The maximum Gasteiger partial charge on any atom is 0.245 e. The second-order valence-corrected chi connectivity index (χ2v) is 15.4. The van der Waals surface area contributed by atoms with Crippen LogP contribution in [0.5, 0.6) is 23.1 Å². The summed E-state index contributed by atoms with van der Waals surface area (Å²) in [5.74, 6) is 3.96. The highest BCUT2D eigenvalue weighted by Gasteiger charge is 2.37. The van der Waals surface area contributed by atoms with Gasteiger partial charge in [0.15, 0.2) is 0 Å². The Morgan fingerprint density at radius 3 is 2.30 bits per heavy atom. The van der Waals surface area contributed by atoms with Crippen LogP contribution in [0.2, 0.25) is 0 Å². The van der Waals surface area contributed by atoms with Gasteiger partial charge in [-0.05, 0) is 85.7 Å². The average Bonchev–Trinajstić information content (AvgIpc) is 3.64. The van der Waals surface area contributed by atoms with Crippen LogP contribution in [0.15, 0.2) is 121 Å². The first-order valence-corrected chi connectivity index (χ1v) is 18.2. The van der Waals surface area contributed by atoms with E-state index in [0.717, 1.165) is 56.4 Å². The number of fused-ring (bicyclic) bond motifs is 5. The zero-order chi connectivity index (χ0) is 36.6. The predicted molar refractivity (Wildman–Crippen MR) is 215 cm³/mol. The highest BCUT2D eigenvalue weighted by molar-refractivity contribution is 6.96. The molecule has 1 aliphatic heterocycles. The van der Waals surface area contributed by atoms with Crippen molar-refractivity contribution in [2.24, 2.45) is 7.05 Å². The van der Waals surface area contributed by atoms with Gasteiger partial charge in [0.25, 0.3) is 0 Å². The van der Waals surface area contributed by atoms with Gasteiger partial charge in [-0.15, -0.1) is 0 Å². The minimum atomic E-state index is -0.00505. The molecule has 0 radical (unpaired) electrons. The summed E-state index contributed by atoms with van der Waals surface area (Å²) in [5.41, 5.74) is 11.6. The van der Waals surface area contributed by atoms with Crippen molar-refractivity contribution in [2.75, 3.05) is 0 Å². The molecule has 0 atom stereocenters. The third kappa shape index (κ3) is 5.50. The molecule has 0 N–H and O–H groups in total. The molecule has 4 heterocycles. The van der Waals surface area contributed by atoms with E-state index in [4.69, 9.17) is 14.5 Å². The molecule has 53 heavy (non-hydrogen) atoms. The number of nitrogens with zero attached hydrogens (tertiary/aromatic N) is 4. The van der Waals surface area contributed by atoms with E-state index in [2.05, 4.69) is 149 Å². The first-order valence-electron chi connectivity index (χ1n) is 18.2. The third-order valence-electron chi connectivity index (χ3n) is 10.6. The summed E-state index contributed by atoms with van der Waals surface area (Å²) in [6.07, 6.45) is 5.48. The van der Waals surface area contributed by atoms with Crippen LogP contribution in [0.4, 0.5) is 0 Å². The summed E-state index contributed by atoms with van der Waals surface area (Å²) in [6.45, 7) is 13.3. The molecule has 9 rings (SSSR count). The van der Waals surface area contributed by atoms with Crippen molar-refractivity contribution in [2.45, 2.75) is 47.0 Å².